The van der Waals surface area contributed by atoms with Crippen molar-refractivity contribution in [3.05, 3.63) is 89.9 Å². The summed E-state index contributed by atoms with van der Waals surface area (Å²) in [6.45, 7) is 0.402. The van der Waals surface area contributed by atoms with Gasteiger partial charge in [0.15, 0.2) is 0 Å². The first-order valence-electron chi connectivity index (χ1n) is 9.09. The largest absolute Gasteiger partial charge is 0.496 e. The van der Waals surface area contributed by atoms with E-state index >= 15 is 0 Å². The lowest BCUT2D eigenvalue weighted by atomic mass is 10.1. The van der Waals surface area contributed by atoms with Gasteiger partial charge in [0.25, 0.3) is 5.89 Å². The van der Waals surface area contributed by atoms with E-state index in [1.165, 1.54) is 0 Å². The van der Waals surface area contributed by atoms with E-state index in [1.807, 2.05) is 72.8 Å². The highest BCUT2D eigenvalue weighted by Crippen LogP contribution is 2.23. The van der Waals surface area contributed by atoms with Crippen molar-refractivity contribution in [1.82, 2.24) is 15.2 Å². The van der Waals surface area contributed by atoms with Crippen LogP contribution >= 0.6 is 0 Å². The summed E-state index contributed by atoms with van der Waals surface area (Å²) in [5.41, 5.74) is 2.55. The lowest BCUT2D eigenvalue weighted by molar-refractivity contribution is 0.296. The van der Waals surface area contributed by atoms with E-state index in [4.69, 9.17) is 13.9 Å². The summed E-state index contributed by atoms with van der Waals surface area (Å²) in [6, 6.07) is 21.1. The highest BCUT2D eigenvalue weighted by atomic mass is 16.5. The van der Waals surface area contributed by atoms with Crippen LogP contribution in [0.2, 0.25) is 0 Å². The number of pyridine rings is 1. The average molecular weight is 385 g/mol. The van der Waals surface area contributed by atoms with Crippen LogP contribution in [0.5, 0.6) is 11.5 Å². The second kappa shape index (κ2) is 8.84. The summed E-state index contributed by atoms with van der Waals surface area (Å²) < 4.78 is 17.0. The molecule has 144 valence electrons. The Kier molecular flexibility index (Phi) is 5.62. The van der Waals surface area contributed by atoms with E-state index in [0.29, 0.717) is 24.1 Å². The molecule has 0 atom stereocenters. The highest BCUT2D eigenvalue weighted by molar-refractivity contribution is 5.67. The Morgan fingerprint density at radius 3 is 2.59 bits per heavy atom. The molecule has 4 rings (SSSR count). The van der Waals surface area contributed by atoms with Crippen molar-refractivity contribution >= 4 is 12.2 Å². The van der Waals surface area contributed by atoms with Crippen LogP contribution in [0.15, 0.2) is 77.3 Å². The van der Waals surface area contributed by atoms with Crippen molar-refractivity contribution in [1.29, 1.82) is 0 Å². The molecular formula is C23H19N3O3. The molecule has 6 nitrogen and oxygen atoms in total. The van der Waals surface area contributed by atoms with Crippen LogP contribution in [-0.2, 0) is 6.61 Å². The van der Waals surface area contributed by atoms with Crippen LogP contribution in [0.3, 0.4) is 0 Å². The molecule has 0 unspecified atom stereocenters. The number of hydrogen-bond acceptors (Lipinski definition) is 6. The fraction of sp³-hybridized carbons (Fsp3) is 0.0870. The minimum Gasteiger partial charge on any atom is -0.496 e. The molecule has 2 heterocycles. The molecule has 0 radical (unpaired) electrons. The van der Waals surface area contributed by atoms with Crippen LogP contribution in [0.25, 0.3) is 23.7 Å². The summed E-state index contributed by atoms with van der Waals surface area (Å²) in [5, 5.41) is 8.08. The van der Waals surface area contributed by atoms with E-state index in [-0.39, 0.29) is 0 Å². The van der Waals surface area contributed by atoms with Crippen LogP contribution < -0.4 is 9.47 Å². The lowest BCUT2D eigenvalue weighted by Gasteiger charge is -2.11. The number of rotatable bonds is 7. The van der Waals surface area contributed by atoms with E-state index < -0.39 is 0 Å². The maximum absolute atomic E-state index is 5.85. The number of hydrogen-bond donors (Lipinski definition) is 0. The SMILES string of the molecule is COc1ccc(/C=C\c2nnc(-c3ccccn3)o2)cc1COc1ccccc1. The quantitative estimate of drug-likeness (QED) is 0.451. The maximum Gasteiger partial charge on any atom is 0.266 e. The first-order chi connectivity index (χ1) is 14.3. The van der Waals surface area contributed by atoms with E-state index in [0.717, 1.165) is 22.6 Å². The molecule has 2 aromatic carbocycles. The van der Waals surface area contributed by atoms with Gasteiger partial charge in [-0.15, -0.1) is 10.2 Å². The molecule has 0 saturated heterocycles. The minimum absolute atomic E-state index is 0.386. The van der Waals surface area contributed by atoms with Gasteiger partial charge < -0.3 is 13.9 Å². The van der Waals surface area contributed by atoms with Gasteiger partial charge in [-0.05, 0) is 48.0 Å². The number of methoxy groups -OCH3 is 1. The third-order valence-corrected chi connectivity index (χ3v) is 4.19. The van der Waals surface area contributed by atoms with Crippen LogP contribution in [-0.4, -0.2) is 22.3 Å². The summed E-state index contributed by atoms with van der Waals surface area (Å²) in [5.74, 6) is 2.37. The average Bonchev–Trinajstić information content (AvgIpc) is 3.27. The van der Waals surface area contributed by atoms with Gasteiger partial charge in [0, 0.05) is 17.8 Å². The maximum atomic E-state index is 5.85. The molecule has 0 aliphatic rings. The zero-order chi connectivity index (χ0) is 19.9. The van der Waals surface area contributed by atoms with Gasteiger partial charge in [-0.25, -0.2) is 0 Å². The Hall–Kier alpha value is -3.93. The number of benzene rings is 2. The highest BCUT2D eigenvalue weighted by Gasteiger charge is 2.08. The van der Waals surface area contributed by atoms with E-state index in [1.54, 1.807) is 19.4 Å². The monoisotopic (exact) mass is 385 g/mol. The molecule has 0 bridgehead atoms. The summed E-state index contributed by atoms with van der Waals surface area (Å²) in [4.78, 5) is 4.21. The van der Waals surface area contributed by atoms with Gasteiger partial charge in [0.2, 0.25) is 5.89 Å². The number of aromatic nitrogens is 3. The van der Waals surface area contributed by atoms with Crippen LogP contribution in [0.4, 0.5) is 0 Å². The Labute approximate surface area is 168 Å². The Morgan fingerprint density at radius 2 is 1.79 bits per heavy atom. The molecule has 4 aromatic rings. The predicted molar refractivity (Wildman–Crippen MR) is 110 cm³/mol. The standard InChI is InChI=1S/C23H19N3O3/c1-27-21-12-10-17(15-18(21)16-28-19-7-3-2-4-8-19)11-13-22-25-26-23(29-22)20-9-5-6-14-24-20/h2-15H,16H2,1H3/b13-11-. The minimum atomic E-state index is 0.386. The summed E-state index contributed by atoms with van der Waals surface area (Å²) in [7, 11) is 1.65. The molecule has 0 saturated carbocycles. The van der Waals surface area contributed by atoms with Gasteiger partial charge in [0.05, 0.1) is 7.11 Å². The molecule has 6 heteroatoms. The van der Waals surface area contributed by atoms with Crippen molar-refractivity contribution in [3.8, 4) is 23.1 Å². The predicted octanol–water partition coefficient (Wildman–Crippen LogP) is 4.89. The molecule has 0 amide bonds. The molecule has 0 aliphatic heterocycles. The van der Waals surface area contributed by atoms with Crippen molar-refractivity contribution in [2.75, 3.05) is 7.11 Å². The van der Waals surface area contributed by atoms with Gasteiger partial charge in [-0.1, -0.05) is 30.3 Å². The van der Waals surface area contributed by atoms with Crippen molar-refractivity contribution in [2.45, 2.75) is 6.61 Å². The second-order valence-corrected chi connectivity index (χ2v) is 6.17. The second-order valence-electron chi connectivity index (χ2n) is 6.17. The molecule has 29 heavy (non-hydrogen) atoms. The first kappa shape index (κ1) is 18.4. The molecular weight excluding hydrogens is 366 g/mol. The third-order valence-electron chi connectivity index (χ3n) is 4.19. The zero-order valence-electron chi connectivity index (χ0n) is 15.9. The van der Waals surface area contributed by atoms with Crippen LogP contribution in [0.1, 0.15) is 17.0 Å². The Morgan fingerprint density at radius 1 is 0.931 bits per heavy atom. The van der Waals surface area contributed by atoms with Crippen molar-refractivity contribution in [3.63, 3.8) is 0 Å². The summed E-state index contributed by atoms with van der Waals surface area (Å²) >= 11 is 0. The lowest BCUT2D eigenvalue weighted by Crippen LogP contribution is -1.99. The molecule has 0 fully saturated rings. The topological polar surface area (TPSA) is 70.3 Å². The van der Waals surface area contributed by atoms with Crippen molar-refractivity contribution < 1.29 is 13.9 Å². The van der Waals surface area contributed by atoms with E-state index in [9.17, 15) is 0 Å². The smallest absolute Gasteiger partial charge is 0.266 e. The Balaban J connectivity index is 1.49. The fourth-order valence-electron chi connectivity index (χ4n) is 2.75. The zero-order valence-corrected chi connectivity index (χ0v) is 15.9. The molecule has 0 spiro atoms. The number of ether oxygens (including phenoxy) is 2. The summed E-state index contributed by atoms with van der Waals surface area (Å²) in [6.07, 6.45) is 5.36. The van der Waals surface area contributed by atoms with E-state index in [2.05, 4.69) is 15.2 Å². The number of para-hydroxylation sites is 1. The molecule has 2 aromatic heterocycles. The third kappa shape index (κ3) is 4.68. The van der Waals surface area contributed by atoms with Crippen molar-refractivity contribution in [2.24, 2.45) is 0 Å². The molecule has 0 aliphatic carbocycles. The normalized spacial score (nSPS) is 10.9. The van der Waals surface area contributed by atoms with Gasteiger partial charge >= 0.3 is 0 Å². The Bertz CT molecular complexity index is 1090. The fourth-order valence-corrected chi connectivity index (χ4v) is 2.75. The number of nitrogens with zero attached hydrogens (tertiary/aromatic N) is 3. The molecule has 0 N–H and O–H groups in total. The van der Waals surface area contributed by atoms with Gasteiger partial charge in [-0.3, -0.25) is 4.98 Å². The van der Waals surface area contributed by atoms with Gasteiger partial charge in [0.1, 0.15) is 23.8 Å². The first-order valence-corrected chi connectivity index (χ1v) is 9.09. The van der Waals surface area contributed by atoms with Crippen LogP contribution in [0, 0.1) is 0 Å². The van der Waals surface area contributed by atoms with Gasteiger partial charge in [-0.2, -0.15) is 0 Å².